The Morgan fingerprint density at radius 1 is 1.04 bits per heavy atom. The average molecular weight is 358 g/mol. The molecule has 7 nitrogen and oxygen atoms in total. The minimum absolute atomic E-state index is 0.185. The third kappa shape index (κ3) is 3.92. The van der Waals surface area contributed by atoms with Gasteiger partial charge in [-0.25, -0.2) is 4.79 Å². The van der Waals surface area contributed by atoms with Crippen LogP contribution in [-0.4, -0.2) is 48.3 Å². The highest BCUT2D eigenvalue weighted by Crippen LogP contribution is 2.23. The molecule has 2 saturated heterocycles. The van der Waals surface area contributed by atoms with Gasteiger partial charge in [-0.3, -0.25) is 19.3 Å². The number of benzene rings is 1. The SMILES string of the molecule is CC1CCN(C(=O)COC(=O)c2ccc(N3C(=O)CCC3=O)cc2)CC1. The molecule has 2 aliphatic heterocycles. The lowest BCUT2D eigenvalue weighted by atomic mass is 9.99. The number of carbonyl (C=O) groups is 4. The lowest BCUT2D eigenvalue weighted by Crippen LogP contribution is -2.40. The van der Waals surface area contributed by atoms with Gasteiger partial charge in [0.05, 0.1) is 11.3 Å². The van der Waals surface area contributed by atoms with Crippen molar-refractivity contribution in [2.75, 3.05) is 24.6 Å². The second-order valence-corrected chi connectivity index (χ2v) is 6.81. The summed E-state index contributed by atoms with van der Waals surface area (Å²) in [5.41, 5.74) is 0.709. The molecular weight excluding hydrogens is 336 g/mol. The molecule has 138 valence electrons. The van der Waals surface area contributed by atoms with Crippen LogP contribution in [0.2, 0.25) is 0 Å². The lowest BCUT2D eigenvalue weighted by molar-refractivity contribution is -0.135. The number of hydrogen-bond donors (Lipinski definition) is 0. The van der Waals surface area contributed by atoms with E-state index in [9.17, 15) is 19.2 Å². The van der Waals surface area contributed by atoms with Gasteiger partial charge in [-0.15, -0.1) is 0 Å². The summed E-state index contributed by atoms with van der Waals surface area (Å²) in [6, 6.07) is 6.05. The zero-order valence-corrected chi connectivity index (χ0v) is 14.8. The standard InChI is InChI=1S/C19H22N2O5/c1-13-8-10-20(11-9-13)18(24)12-26-19(25)14-2-4-15(5-3-14)21-16(22)6-7-17(21)23/h2-5,13H,6-12H2,1H3. The van der Waals surface area contributed by atoms with Crippen molar-refractivity contribution in [2.24, 2.45) is 5.92 Å². The molecule has 26 heavy (non-hydrogen) atoms. The lowest BCUT2D eigenvalue weighted by Gasteiger charge is -2.30. The summed E-state index contributed by atoms with van der Waals surface area (Å²) in [4.78, 5) is 50.5. The molecule has 2 aliphatic rings. The largest absolute Gasteiger partial charge is 0.452 e. The van der Waals surface area contributed by atoms with E-state index in [2.05, 4.69) is 6.92 Å². The zero-order chi connectivity index (χ0) is 18.7. The number of hydrogen-bond acceptors (Lipinski definition) is 5. The maximum atomic E-state index is 12.1. The van der Waals surface area contributed by atoms with Crippen LogP contribution in [0.15, 0.2) is 24.3 Å². The van der Waals surface area contributed by atoms with E-state index in [-0.39, 0.29) is 42.7 Å². The Morgan fingerprint density at radius 3 is 2.19 bits per heavy atom. The molecule has 0 unspecified atom stereocenters. The molecule has 0 aromatic heterocycles. The third-order valence-electron chi connectivity index (χ3n) is 4.88. The van der Waals surface area contributed by atoms with Crippen molar-refractivity contribution in [3.05, 3.63) is 29.8 Å². The van der Waals surface area contributed by atoms with Crippen LogP contribution in [0.3, 0.4) is 0 Å². The Balaban J connectivity index is 1.54. The molecule has 0 radical (unpaired) electrons. The Bertz CT molecular complexity index is 704. The molecule has 0 atom stereocenters. The molecule has 7 heteroatoms. The summed E-state index contributed by atoms with van der Waals surface area (Å²) >= 11 is 0. The summed E-state index contributed by atoms with van der Waals surface area (Å²) < 4.78 is 5.10. The Hall–Kier alpha value is -2.70. The van der Waals surface area contributed by atoms with Gasteiger partial charge in [0, 0.05) is 25.9 Å². The summed E-state index contributed by atoms with van der Waals surface area (Å²) in [6.45, 7) is 3.28. The van der Waals surface area contributed by atoms with E-state index < -0.39 is 5.97 Å². The van der Waals surface area contributed by atoms with Crippen molar-refractivity contribution in [1.82, 2.24) is 4.90 Å². The first kappa shape index (κ1) is 18.1. The molecule has 2 heterocycles. The summed E-state index contributed by atoms with van der Waals surface area (Å²) in [5, 5.41) is 0. The van der Waals surface area contributed by atoms with Crippen LogP contribution in [0, 0.1) is 5.92 Å². The van der Waals surface area contributed by atoms with E-state index in [1.807, 2.05) is 0 Å². The molecule has 2 fully saturated rings. The van der Waals surface area contributed by atoms with Crippen molar-refractivity contribution in [3.63, 3.8) is 0 Å². The fraction of sp³-hybridized carbons (Fsp3) is 0.474. The number of ether oxygens (including phenoxy) is 1. The van der Waals surface area contributed by atoms with Crippen molar-refractivity contribution in [3.8, 4) is 0 Å². The molecule has 0 N–H and O–H groups in total. The molecule has 3 amide bonds. The second kappa shape index (κ2) is 7.68. The maximum Gasteiger partial charge on any atom is 0.338 e. The van der Waals surface area contributed by atoms with Crippen LogP contribution >= 0.6 is 0 Å². The van der Waals surface area contributed by atoms with Gasteiger partial charge in [0.25, 0.3) is 5.91 Å². The molecular formula is C19H22N2O5. The number of rotatable bonds is 4. The smallest absolute Gasteiger partial charge is 0.338 e. The van der Waals surface area contributed by atoms with Crippen LogP contribution < -0.4 is 4.90 Å². The van der Waals surface area contributed by atoms with Gasteiger partial charge < -0.3 is 9.64 Å². The number of amides is 3. The number of carbonyl (C=O) groups excluding carboxylic acids is 4. The summed E-state index contributed by atoms with van der Waals surface area (Å²) in [6.07, 6.45) is 2.35. The zero-order valence-electron chi connectivity index (χ0n) is 14.8. The van der Waals surface area contributed by atoms with Crippen LogP contribution in [0.1, 0.15) is 43.0 Å². The molecule has 0 bridgehead atoms. The monoisotopic (exact) mass is 358 g/mol. The van der Waals surface area contributed by atoms with Crippen molar-refractivity contribution < 1.29 is 23.9 Å². The molecule has 1 aromatic carbocycles. The van der Waals surface area contributed by atoms with E-state index in [0.717, 1.165) is 17.7 Å². The number of esters is 1. The Kier molecular flexibility index (Phi) is 5.35. The highest BCUT2D eigenvalue weighted by molar-refractivity contribution is 6.19. The fourth-order valence-electron chi connectivity index (χ4n) is 3.17. The summed E-state index contributed by atoms with van der Waals surface area (Å²) in [7, 11) is 0. The normalized spacial score (nSPS) is 18.3. The third-order valence-corrected chi connectivity index (χ3v) is 4.88. The van der Waals surface area contributed by atoms with E-state index in [0.29, 0.717) is 24.7 Å². The van der Waals surface area contributed by atoms with Crippen LogP contribution in [0.4, 0.5) is 5.69 Å². The number of piperidine rings is 1. The van der Waals surface area contributed by atoms with Gasteiger partial charge in [-0.1, -0.05) is 6.92 Å². The molecule has 1 aromatic rings. The quantitative estimate of drug-likeness (QED) is 0.605. The minimum Gasteiger partial charge on any atom is -0.452 e. The van der Waals surface area contributed by atoms with Gasteiger partial charge in [-0.05, 0) is 43.0 Å². The molecule has 0 spiro atoms. The predicted molar refractivity (Wildman–Crippen MR) is 93.4 cm³/mol. The van der Waals surface area contributed by atoms with Gasteiger partial charge in [-0.2, -0.15) is 0 Å². The Morgan fingerprint density at radius 2 is 1.62 bits per heavy atom. The van der Waals surface area contributed by atoms with Crippen molar-refractivity contribution in [2.45, 2.75) is 32.6 Å². The first-order chi connectivity index (χ1) is 12.5. The van der Waals surface area contributed by atoms with E-state index in [1.54, 1.807) is 4.90 Å². The number of imide groups is 1. The number of likely N-dealkylation sites (tertiary alicyclic amines) is 1. The molecule has 0 aliphatic carbocycles. The second-order valence-electron chi connectivity index (χ2n) is 6.81. The highest BCUT2D eigenvalue weighted by atomic mass is 16.5. The van der Waals surface area contributed by atoms with E-state index in [4.69, 9.17) is 4.74 Å². The first-order valence-corrected chi connectivity index (χ1v) is 8.86. The minimum atomic E-state index is -0.602. The van der Waals surface area contributed by atoms with E-state index >= 15 is 0 Å². The topological polar surface area (TPSA) is 84.0 Å². The van der Waals surface area contributed by atoms with Crippen molar-refractivity contribution >= 4 is 29.4 Å². The van der Waals surface area contributed by atoms with Crippen LogP contribution in [0.25, 0.3) is 0 Å². The van der Waals surface area contributed by atoms with Gasteiger partial charge >= 0.3 is 5.97 Å². The van der Waals surface area contributed by atoms with Gasteiger partial charge in [0.2, 0.25) is 11.8 Å². The van der Waals surface area contributed by atoms with E-state index in [1.165, 1.54) is 24.3 Å². The predicted octanol–water partition coefficient (Wildman–Crippen LogP) is 1.76. The van der Waals surface area contributed by atoms with Gasteiger partial charge in [0.1, 0.15) is 0 Å². The van der Waals surface area contributed by atoms with Gasteiger partial charge in [0.15, 0.2) is 6.61 Å². The first-order valence-electron chi connectivity index (χ1n) is 8.86. The molecule has 3 rings (SSSR count). The average Bonchev–Trinajstić information content (AvgIpc) is 2.98. The van der Waals surface area contributed by atoms with Crippen LogP contribution in [-0.2, 0) is 19.1 Å². The summed E-state index contributed by atoms with van der Waals surface area (Å²) in [5.74, 6) is -0.655. The number of nitrogens with zero attached hydrogens (tertiary/aromatic N) is 2. The van der Waals surface area contributed by atoms with Crippen LogP contribution in [0.5, 0.6) is 0 Å². The number of anilines is 1. The molecule has 0 saturated carbocycles. The Labute approximate surface area is 151 Å². The fourth-order valence-corrected chi connectivity index (χ4v) is 3.17. The maximum absolute atomic E-state index is 12.1. The van der Waals surface area contributed by atoms with Crippen molar-refractivity contribution in [1.29, 1.82) is 0 Å². The highest BCUT2D eigenvalue weighted by Gasteiger charge is 2.30.